The number of nitro benzene ring substituents is 1. The lowest BCUT2D eigenvalue weighted by atomic mass is 10.0. The van der Waals surface area contributed by atoms with Crippen molar-refractivity contribution in [2.75, 3.05) is 17.2 Å². The van der Waals surface area contributed by atoms with Crippen LogP contribution in [0, 0.1) is 10.1 Å². The molecule has 0 aliphatic carbocycles. The summed E-state index contributed by atoms with van der Waals surface area (Å²) >= 11 is 2.68. The molecule has 0 unspecified atom stereocenters. The lowest BCUT2D eigenvalue weighted by molar-refractivity contribution is -0.384. The smallest absolute Gasteiger partial charge is 0.269 e. The van der Waals surface area contributed by atoms with E-state index in [4.69, 9.17) is 0 Å². The number of thioether (sulfide) groups is 1. The molecule has 0 fully saturated rings. The normalized spacial score (nSPS) is 13.1. The van der Waals surface area contributed by atoms with Crippen molar-refractivity contribution in [1.82, 2.24) is 9.55 Å². The van der Waals surface area contributed by atoms with Crippen molar-refractivity contribution >= 4 is 50.6 Å². The first kappa shape index (κ1) is 22.3. The van der Waals surface area contributed by atoms with Crippen LogP contribution in [0.1, 0.15) is 12.0 Å². The van der Waals surface area contributed by atoms with Crippen LogP contribution in [0.5, 0.6) is 0 Å². The van der Waals surface area contributed by atoms with Gasteiger partial charge in [0.15, 0.2) is 5.16 Å². The van der Waals surface area contributed by atoms with Crippen molar-refractivity contribution in [3.63, 3.8) is 0 Å². The Morgan fingerprint density at radius 1 is 1.21 bits per heavy atom. The highest BCUT2D eigenvalue weighted by Crippen LogP contribution is 2.33. The second-order valence-electron chi connectivity index (χ2n) is 7.96. The van der Waals surface area contributed by atoms with E-state index in [0.717, 1.165) is 22.4 Å². The molecule has 0 N–H and O–H groups in total. The van der Waals surface area contributed by atoms with Gasteiger partial charge in [-0.15, -0.1) is 11.3 Å². The summed E-state index contributed by atoms with van der Waals surface area (Å²) in [5, 5.41) is 12.1. The van der Waals surface area contributed by atoms with Crippen LogP contribution in [-0.4, -0.2) is 32.7 Å². The molecule has 34 heavy (non-hydrogen) atoms. The van der Waals surface area contributed by atoms with Gasteiger partial charge in [0.1, 0.15) is 4.83 Å². The molecule has 1 aliphatic rings. The van der Waals surface area contributed by atoms with Crippen molar-refractivity contribution in [3.8, 4) is 10.4 Å². The molecule has 4 aromatic rings. The first-order chi connectivity index (χ1) is 16.4. The van der Waals surface area contributed by atoms with Crippen molar-refractivity contribution in [2.45, 2.75) is 18.0 Å². The maximum atomic E-state index is 13.1. The number of hydrogen-bond donors (Lipinski definition) is 0. The number of anilines is 1. The maximum absolute atomic E-state index is 13.1. The highest BCUT2D eigenvalue weighted by molar-refractivity contribution is 7.99. The molecule has 5 rings (SSSR count). The Balaban J connectivity index is 1.38. The number of carbonyl (C=O) groups is 1. The van der Waals surface area contributed by atoms with Gasteiger partial charge in [-0.2, -0.15) is 0 Å². The quantitative estimate of drug-likeness (QED) is 0.174. The average Bonchev–Trinajstić information content (AvgIpc) is 3.29. The first-order valence-corrected chi connectivity index (χ1v) is 12.5. The molecule has 1 aliphatic heterocycles. The molecular formula is C24H20N4O4S2. The van der Waals surface area contributed by atoms with E-state index in [1.165, 1.54) is 33.7 Å². The van der Waals surface area contributed by atoms with E-state index in [2.05, 4.69) is 4.98 Å². The molecule has 2 aromatic heterocycles. The van der Waals surface area contributed by atoms with Gasteiger partial charge in [-0.05, 0) is 36.1 Å². The third-order valence-corrected chi connectivity index (χ3v) is 7.90. The standard InChI is InChI=1S/C24H20N4O4S2/c1-26-23(30)18-13-20(15-6-3-2-4-7-15)34-22(18)25-24(26)33-14-21(29)27-11-5-8-16-12-17(28(31)32)9-10-19(16)27/h2-4,6-7,9-10,12-13H,5,8,11,14H2,1H3. The number of carbonyl (C=O) groups excluding carboxylic acids is 1. The van der Waals surface area contributed by atoms with Crippen molar-refractivity contribution in [1.29, 1.82) is 0 Å². The monoisotopic (exact) mass is 492 g/mol. The number of aromatic nitrogens is 2. The van der Waals surface area contributed by atoms with E-state index in [0.29, 0.717) is 34.0 Å². The highest BCUT2D eigenvalue weighted by Gasteiger charge is 2.25. The number of non-ortho nitro benzene ring substituents is 1. The molecule has 8 nitrogen and oxygen atoms in total. The summed E-state index contributed by atoms with van der Waals surface area (Å²) in [6.45, 7) is 0.557. The van der Waals surface area contributed by atoms with E-state index in [-0.39, 0.29) is 22.9 Å². The van der Waals surface area contributed by atoms with Crippen molar-refractivity contribution in [3.05, 3.63) is 80.6 Å². The second kappa shape index (κ2) is 9.03. The summed E-state index contributed by atoms with van der Waals surface area (Å²) in [6, 6.07) is 16.3. The predicted octanol–water partition coefficient (Wildman–Crippen LogP) is 4.64. The minimum Gasteiger partial charge on any atom is -0.311 e. The number of fused-ring (bicyclic) bond motifs is 2. The predicted molar refractivity (Wildman–Crippen MR) is 135 cm³/mol. The number of thiophene rings is 1. The van der Waals surface area contributed by atoms with Crippen LogP contribution in [-0.2, 0) is 18.3 Å². The van der Waals surface area contributed by atoms with Crippen LogP contribution in [0.3, 0.4) is 0 Å². The van der Waals surface area contributed by atoms with Crippen LogP contribution < -0.4 is 10.5 Å². The largest absolute Gasteiger partial charge is 0.311 e. The number of amides is 1. The fourth-order valence-electron chi connectivity index (χ4n) is 4.08. The summed E-state index contributed by atoms with van der Waals surface area (Å²) in [5.74, 6) is -0.00984. The van der Waals surface area contributed by atoms with E-state index >= 15 is 0 Å². The Morgan fingerprint density at radius 3 is 2.76 bits per heavy atom. The van der Waals surface area contributed by atoms with Crippen LogP contribution in [0.25, 0.3) is 20.7 Å². The molecule has 2 aromatic carbocycles. The topological polar surface area (TPSA) is 98.3 Å². The second-order valence-corrected chi connectivity index (χ2v) is 9.93. The number of nitrogens with zero attached hydrogens (tertiary/aromatic N) is 4. The van der Waals surface area contributed by atoms with Gasteiger partial charge in [0, 0.05) is 36.3 Å². The fraction of sp³-hybridized carbons (Fsp3) is 0.208. The van der Waals surface area contributed by atoms with Gasteiger partial charge in [0.2, 0.25) is 5.91 Å². The number of aryl methyl sites for hydroxylation is 1. The third-order valence-electron chi connectivity index (χ3n) is 5.81. The SMILES string of the molecule is Cn1c(SCC(=O)N2CCCc3cc([N+](=O)[O-])ccc32)nc2sc(-c3ccccc3)cc2c1=O. The van der Waals surface area contributed by atoms with Gasteiger partial charge < -0.3 is 4.90 Å². The fourth-order valence-corrected chi connectivity index (χ4v) is 6.01. The Bertz CT molecular complexity index is 1480. The van der Waals surface area contributed by atoms with Gasteiger partial charge >= 0.3 is 0 Å². The molecule has 0 saturated heterocycles. The van der Waals surface area contributed by atoms with E-state index in [9.17, 15) is 19.7 Å². The highest BCUT2D eigenvalue weighted by atomic mass is 32.2. The van der Waals surface area contributed by atoms with Gasteiger partial charge in [-0.25, -0.2) is 4.98 Å². The minimum absolute atomic E-state index is 0.0285. The lowest BCUT2D eigenvalue weighted by Gasteiger charge is -2.29. The number of nitro groups is 1. The van der Waals surface area contributed by atoms with Crippen molar-refractivity contribution < 1.29 is 9.72 Å². The maximum Gasteiger partial charge on any atom is 0.269 e. The molecule has 1 amide bonds. The zero-order chi connectivity index (χ0) is 23.8. The number of rotatable bonds is 5. The third kappa shape index (κ3) is 4.10. The number of benzene rings is 2. The summed E-state index contributed by atoms with van der Waals surface area (Å²) < 4.78 is 1.48. The van der Waals surface area contributed by atoms with Crippen molar-refractivity contribution in [2.24, 2.45) is 7.05 Å². The van der Waals surface area contributed by atoms with E-state index in [1.54, 1.807) is 24.1 Å². The van der Waals surface area contributed by atoms with Gasteiger partial charge in [0.25, 0.3) is 11.2 Å². The first-order valence-electron chi connectivity index (χ1n) is 10.7. The summed E-state index contributed by atoms with van der Waals surface area (Å²) in [7, 11) is 1.66. The van der Waals surface area contributed by atoms with Crippen LogP contribution in [0.15, 0.2) is 64.5 Å². The molecule has 10 heteroatoms. The molecule has 0 radical (unpaired) electrons. The summed E-state index contributed by atoms with van der Waals surface area (Å²) in [6.07, 6.45) is 1.44. The number of hydrogen-bond acceptors (Lipinski definition) is 7. The van der Waals surface area contributed by atoms with Crippen LogP contribution >= 0.6 is 23.1 Å². The van der Waals surface area contributed by atoms with E-state index < -0.39 is 4.92 Å². The molecule has 0 bridgehead atoms. The van der Waals surface area contributed by atoms with Gasteiger partial charge in [-0.1, -0.05) is 42.1 Å². The van der Waals surface area contributed by atoms with Gasteiger partial charge in [0.05, 0.1) is 16.1 Å². The van der Waals surface area contributed by atoms with Crippen LogP contribution in [0.2, 0.25) is 0 Å². The zero-order valence-corrected chi connectivity index (χ0v) is 19.9. The Kier molecular flexibility index (Phi) is 5.93. The minimum atomic E-state index is -0.424. The molecule has 0 atom stereocenters. The summed E-state index contributed by atoms with van der Waals surface area (Å²) in [4.78, 5) is 44.6. The lowest BCUT2D eigenvalue weighted by Crippen LogP contribution is -2.36. The van der Waals surface area contributed by atoms with Crippen LogP contribution in [0.4, 0.5) is 11.4 Å². The molecule has 172 valence electrons. The Labute approximate surface area is 203 Å². The molecule has 0 saturated carbocycles. The molecule has 0 spiro atoms. The zero-order valence-electron chi connectivity index (χ0n) is 18.3. The Morgan fingerprint density at radius 2 is 2.00 bits per heavy atom. The summed E-state index contributed by atoms with van der Waals surface area (Å²) in [5.41, 5.74) is 2.43. The van der Waals surface area contributed by atoms with Gasteiger partial charge in [-0.3, -0.25) is 24.3 Å². The molecule has 3 heterocycles. The average molecular weight is 493 g/mol. The molecular weight excluding hydrogens is 472 g/mol. The Hall–Kier alpha value is -3.50. The van der Waals surface area contributed by atoms with E-state index in [1.807, 2.05) is 36.4 Å².